The minimum absolute atomic E-state index is 0.109. The van der Waals surface area contributed by atoms with Crippen LogP contribution in [0.4, 0.5) is 0 Å². The maximum absolute atomic E-state index is 12.2. The van der Waals surface area contributed by atoms with E-state index < -0.39 is 21.0 Å². The maximum Gasteiger partial charge on any atom is 0.238 e. The largest absolute Gasteiger partial charge is 0.361 e. The molecule has 1 amide bonds. The number of aromatic nitrogens is 1. The van der Waals surface area contributed by atoms with E-state index in [0.29, 0.717) is 11.5 Å². The third-order valence-electron chi connectivity index (χ3n) is 3.89. The molecule has 1 atom stereocenters. The van der Waals surface area contributed by atoms with Crippen LogP contribution in [0.25, 0.3) is 0 Å². The molecule has 1 aromatic rings. The number of carbonyl (C=O) groups is 1. The molecule has 7 heteroatoms. The molecule has 0 radical (unpaired) electrons. The number of nitrogens with one attached hydrogen (secondary N) is 1. The molecular weight excluding hydrogens is 292 g/mol. The molecule has 0 bridgehead atoms. The second-order valence-electron chi connectivity index (χ2n) is 5.72. The van der Waals surface area contributed by atoms with Crippen LogP contribution in [0.3, 0.4) is 0 Å². The van der Waals surface area contributed by atoms with Gasteiger partial charge < -0.3 is 9.84 Å². The van der Waals surface area contributed by atoms with Crippen LogP contribution in [0.2, 0.25) is 0 Å². The highest BCUT2D eigenvalue weighted by Gasteiger charge is 2.30. The Bertz CT molecular complexity index is 588. The number of carbonyl (C=O) groups excluding carboxylic acids is 1. The summed E-state index contributed by atoms with van der Waals surface area (Å²) < 4.78 is 29.4. The molecule has 0 spiro atoms. The number of aryl methyl sites for hydroxylation is 1. The smallest absolute Gasteiger partial charge is 0.238 e. The quantitative estimate of drug-likeness (QED) is 0.894. The first-order valence-electron chi connectivity index (χ1n) is 7.32. The van der Waals surface area contributed by atoms with Crippen LogP contribution in [0.1, 0.15) is 50.5 Å². The van der Waals surface area contributed by atoms with Crippen LogP contribution in [0.15, 0.2) is 10.6 Å². The van der Waals surface area contributed by atoms with Crippen LogP contribution < -0.4 is 5.32 Å². The van der Waals surface area contributed by atoms with E-state index >= 15 is 0 Å². The van der Waals surface area contributed by atoms with Crippen LogP contribution >= 0.6 is 0 Å². The average molecular weight is 314 g/mol. The van der Waals surface area contributed by atoms with Gasteiger partial charge in [0.05, 0.1) is 11.4 Å². The van der Waals surface area contributed by atoms with E-state index in [1.165, 1.54) is 13.3 Å². The van der Waals surface area contributed by atoms with Gasteiger partial charge in [-0.15, -0.1) is 0 Å². The molecule has 2 rings (SSSR count). The Morgan fingerprint density at radius 3 is 2.67 bits per heavy atom. The van der Waals surface area contributed by atoms with Gasteiger partial charge in [-0.2, -0.15) is 0 Å². The molecule has 0 aromatic carbocycles. The third kappa shape index (κ3) is 4.30. The van der Waals surface area contributed by atoms with Crippen molar-refractivity contribution in [1.29, 1.82) is 0 Å². The third-order valence-corrected chi connectivity index (χ3v) is 5.87. The highest BCUT2D eigenvalue weighted by atomic mass is 32.2. The van der Waals surface area contributed by atoms with Gasteiger partial charge in [0.25, 0.3) is 0 Å². The summed E-state index contributed by atoms with van der Waals surface area (Å²) in [5.74, 6) is -0.134. The molecular formula is C14H22N2O4S. The van der Waals surface area contributed by atoms with Crippen LogP contribution in [0, 0.1) is 6.92 Å². The van der Waals surface area contributed by atoms with Gasteiger partial charge >= 0.3 is 0 Å². The van der Waals surface area contributed by atoms with Crippen molar-refractivity contribution in [2.24, 2.45) is 0 Å². The van der Waals surface area contributed by atoms with Gasteiger partial charge in [0.15, 0.2) is 9.84 Å². The van der Waals surface area contributed by atoms with Crippen LogP contribution in [-0.4, -0.2) is 30.8 Å². The first kappa shape index (κ1) is 16.0. The van der Waals surface area contributed by atoms with E-state index in [9.17, 15) is 13.2 Å². The summed E-state index contributed by atoms with van der Waals surface area (Å²) in [7, 11) is -3.58. The van der Waals surface area contributed by atoms with Crippen molar-refractivity contribution >= 4 is 15.7 Å². The van der Waals surface area contributed by atoms with Gasteiger partial charge in [-0.1, -0.05) is 24.4 Å². The van der Waals surface area contributed by atoms with Gasteiger partial charge in [0.2, 0.25) is 5.91 Å². The lowest BCUT2D eigenvalue weighted by atomic mass is 9.95. The molecule has 118 valence electrons. The average Bonchev–Trinajstić information content (AvgIpc) is 2.83. The van der Waals surface area contributed by atoms with Crippen molar-refractivity contribution in [1.82, 2.24) is 10.5 Å². The first-order chi connectivity index (χ1) is 9.88. The van der Waals surface area contributed by atoms with Crippen molar-refractivity contribution in [2.75, 3.05) is 0 Å². The summed E-state index contributed by atoms with van der Waals surface area (Å²) in [6.07, 6.45) is 5.22. The lowest BCUT2D eigenvalue weighted by Gasteiger charge is -2.24. The number of hydrogen-bond acceptors (Lipinski definition) is 5. The second-order valence-corrected chi connectivity index (χ2v) is 8.04. The summed E-state index contributed by atoms with van der Waals surface area (Å²) in [4.78, 5) is 12.1. The van der Waals surface area contributed by atoms with E-state index in [-0.39, 0.29) is 11.8 Å². The summed E-state index contributed by atoms with van der Waals surface area (Å²) in [5.41, 5.74) is 0.338. The maximum atomic E-state index is 12.2. The SMILES string of the molecule is Cc1cc(CS(=O)(=O)[C@@H](C)C(=O)NC2CCCCC2)no1. The molecule has 21 heavy (non-hydrogen) atoms. The van der Waals surface area contributed by atoms with Crippen molar-refractivity contribution < 1.29 is 17.7 Å². The highest BCUT2D eigenvalue weighted by molar-refractivity contribution is 7.92. The van der Waals surface area contributed by atoms with Crippen molar-refractivity contribution in [3.05, 3.63) is 17.5 Å². The van der Waals surface area contributed by atoms with E-state index in [4.69, 9.17) is 4.52 Å². The fourth-order valence-electron chi connectivity index (χ4n) is 2.55. The fourth-order valence-corrected chi connectivity index (χ4v) is 3.74. The number of amides is 1. The van der Waals surface area contributed by atoms with Gasteiger partial charge in [0, 0.05) is 12.1 Å². The number of nitrogens with zero attached hydrogens (tertiary/aromatic N) is 1. The van der Waals surface area contributed by atoms with Gasteiger partial charge in [-0.05, 0) is 26.7 Å². The van der Waals surface area contributed by atoms with E-state index in [2.05, 4.69) is 10.5 Å². The zero-order valence-electron chi connectivity index (χ0n) is 12.5. The predicted octanol–water partition coefficient (Wildman–Crippen LogP) is 1.74. The number of sulfone groups is 1. The monoisotopic (exact) mass is 314 g/mol. The Balaban J connectivity index is 1.96. The number of hydrogen-bond donors (Lipinski definition) is 1. The molecule has 1 aliphatic rings. The fraction of sp³-hybridized carbons (Fsp3) is 0.714. The summed E-state index contributed by atoms with van der Waals surface area (Å²) in [6, 6.07) is 1.68. The lowest BCUT2D eigenvalue weighted by molar-refractivity contribution is -0.121. The molecule has 0 unspecified atom stereocenters. The molecule has 1 N–H and O–H groups in total. The highest BCUT2D eigenvalue weighted by Crippen LogP contribution is 2.18. The summed E-state index contributed by atoms with van der Waals surface area (Å²) in [5, 5.41) is 5.45. The topological polar surface area (TPSA) is 89.3 Å². The molecule has 1 fully saturated rings. The minimum Gasteiger partial charge on any atom is -0.361 e. The van der Waals surface area contributed by atoms with Crippen LogP contribution in [-0.2, 0) is 20.4 Å². The van der Waals surface area contributed by atoms with Gasteiger partial charge in [0.1, 0.15) is 11.0 Å². The van der Waals surface area contributed by atoms with Crippen molar-refractivity contribution in [2.45, 2.75) is 63.0 Å². The normalized spacial score (nSPS) is 18.4. The van der Waals surface area contributed by atoms with Gasteiger partial charge in [-0.25, -0.2) is 8.42 Å². The summed E-state index contributed by atoms with van der Waals surface area (Å²) >= 11 is 0. The lowest BCUT2D eigenvalue weighted by Crippen LogP contribution is -2.44. The molecule has 0 saturated heterocycles. The zero-order valence-corrected chi connectivity index (χ0v) is 13.3. The van der Waals surface area contributed by atoms with Crippen molar-refractivity contribution in [3.8, 4) is 0 Å². The van der Waals surface area contributed by atoms with Crippen LogP contribution in [0.5, 0.6) is 0 Å². The first-order valence-corrected chi connectivity index (χ1v) is 9.04. The van der Waals surface area contributed by atoms with E-state index in [0.717, 1.165) is 25.7 Å². The van der Waals surface area contributed by atoms with E-state index in [1.807, 2.05) is 0 Å². The Kier molecular flexibility index (Phi) is 5.03. The predicted molar refractivity (Wildman–Crippen MR) is 78.3 cm³/mol. The molecule has 0 aliphatic heterocycles. The second kappa shape index (κ2) is 6.60. The standard InChI is InChI=1S/C14H22N2O4S/c1-10-8-13(16-20-10)9-21(18,19)11(2)14(17)15-12-6-4-3-5-7-12/h8,11-12H,3-7,9H2,1-2H3,(H,15,17)/t11-/m0/s1. The Hall–Kier alpha value is -1.37. The molecule has 1 heterocycles. The Morgan fingerprint density at radius 2 is 2.10 bits per heavy atom. The van der Waals surface area contributed by atoms with E-state index in [1.54, 1.807) is 13.0 Å². The minimum atomic E-state index is -3.58. The molecule has 1 saturated carbocycles. The Morgan fingerprint density at radius 1 is 1.43 bits per heavy atom. The summed E-state index contributed by atoms with van der Waals surface area (Å²) in [6.45, 7) is 3.13. The zero-order chi connectivity index (χ0) is 15.5. The molecule has 1 aromatic heterocycles. The van der Waals surface area contributed by atoms with Crippen molar-refractivity contribution in [3.63, 3.8) is 0 Å². The molecule has 1 aliphatic carbocycles. The molecule has 6 nitrogen and oxygen atoms in total. The Labute approximate surface area is 125 Å². The van der Waals surface area contributed by atoms with Gasteiger partial charge in [-0.3, -0.25) is 4.79 Å². The number of rotatable bonds is 5.